The smallest absolute Gasteiger partial charge is 0.175 e. The predicted molar refractivity (Wildman–Crippen MR) is 55.7 cm³/mol. The SMILES string of the molecule is C1CCCCC1.C=CC(OC)OC. The van der Waals surface area contributed by atoms with Crippen LogP contribution in [0, 0.1) is 0 Å². The molecule has 0 unspecified atom stereocenters. The van der Waals surface area contributed by atoms with Gasteiger partial charge in [0.1, 0.15) is 0 Å². The molecule has 0 heterocycles. The Kier molecular flexibility index (Phi) is 9.49. The molecule has 78 valence electrons. The average molecular weight is 186 g/mol. The molecule has 1 rings (SSSR count). The number of ether oxygens (including phenoxy) is 2. The molecular formula is C11H22O2. The average Bonchev–Trinajstić information content (AvgIpc) is 2.24. The third-order valence-corrected chi connectivity index (χ3v) is 2.16. The van der Waals surface area contributed by atoms with Crippen molar-refractivity contribution in [3.05, 3.63) is 12.7 Å². The highest BCUT2D eigenvalue weighted by molar-refractivity contribution is 4.70. The molecule has 0 aliphatic heterocycles. The predicted octanol–water partition coefficient (Wildman–Crippen LogP) is 3.13. The summed E-state index contributed by atoms with van der Waals surface area (Å²) in [4.78, 5) is 0. The van der Waals surface area contributed by atoms with Crippen LogP contribution in [0.3, 0.4) is 0 Å². The largest absolute Gasteiger partial charge is 0.352 e. The third kappa shape index (κ3) is 8.00. The van der Waals surface area contributed by atoms with Crippen LogP contribution in [0.15, 0.2) is 12.7 Å². The molecule has 1 saturated carbocycles. The van der Waals surface area contributed by atoms with E-state index in [-0.39, 0.29) is 6.29 Å². The van der Waals surface area contributed by atoms with Crippen LogP contribution in [-0.4, -0.2) is 20.5 Å². The second-order valence-electron chi connectivity index (χ2n) is 3.20. The Morgan fingerprint density at radius 1 is 0.923 bits per heavy atom. The fraction of sp³-hybridized carbons (Fsp3) is 0.818. The van der Waals surface area contributed by atoms with E-state index < -0.39 is 0 Å². The first kappa shape index (κ1) is 12.7. The van der Waals surface area contributed by atoms with Gasteiger partial charge < -0.3 is 9.47 Å². The summed E-state index contributed by atoms with van der Waals surface area (Å²) in [5, 5.41) is 0. The van der Waals surface area contributed by atoms with E-state index in [9.17, 15) is 0 Å². The van der Waals surface area contributed by atoms with Crippen LogP contribution in [0.4, 0.5) is 0 Å². The zero-order valence-electron chi connectivity index (χ0n) is 8.92. The molecule has 0 aromatic carbocycles. The second-order valence-corrected chi connectivity index (χ2v) is 3.20. The Morgan fingerprint density at radius 2 is 1.23 bits per heavy atom. The second kappa shape index (κ2) is 9.75. The number of hydrogen-bond donors (Lipinski definition) is 0. The van der Waals surface area contributed by atoms with E-state index in [2.05, 4.69) is 6.58 Å². The molecular weight excluding hydrogens is 164 g/mol. The maximum Gasteiger partial charge on any atom is 0.175 e. The molecule has 2 nitrogen and oxygen atoms in total. The van der Waals surface area contributed by atoms with Gasteiger partial charge in [0.05, 0.1) is 0 Å². The summed E-state index contributed by atoms with van der Waals surface area (Å²) in [7, 11) is 3.13. The number of methoxy groups -OCH3 is 2. The van der Waals surface area contributed by atoms with E-state index in [0.717, 1.165) is 0 Å². The summed E-state index contributed by atoms with van der Waals surface area (Å²) >= 11 is 0. The summed E-state index contributed by atoms with van der Waals surface area (Å²) in [6.07, 6.45) is 10.3. The number of hydrogen-bond acceptors (Lipinski definition) is 2. The van der Waals surface area contributed by atoms with Gasteiger partial charge in [-0.15, -0.1) is 0 Å². The fourth-order valence-electron chi connectivity index (χ4n) is 1.35. The molecule has 0 aromatic rings. The van der Waals surface area contributed by atoms with Crippen molar-refractivity contribution in [2.45, 2.75) is 44.8 Å². The normalized spacial score (nSPS) is 16.2. The highest BCUT2D eigenvalue weighted by Crippen LogP contribution is 2.15. The van der Waals surface area contributed by atoms with Gasteiger partial charge in [-0.25, -0.2) is 0 Å². The van der Waals surface area contributed by atoms with E-state index in [1.165, 1.54) is 38.5 Å². The van der Waals surface area contributed by atoms with Gasteiger partial charge in [0.15, 0.2) is 6.29 Å². The maximum atomic E-state index is 4.71. The highest BCUT2D eigenvalue weighted by atomic mass is 16.7. The van der Waals surface area contributed by atoms with Crippen molar-refractivity contribution in [3.63, 3.8) is 0 Å². The van der Waals surface area contributed by atoms with Crippen molar-refractivity contribution < 1.29 is 9.47 Å². The van der Waals surface area contributed by atoms with Gasteiger partial charge >= 0.3 is 0 Å². The molecule has 0 N–H and O–H groups in total. The molecule has 13 heavy (non-hydrogen) atoms. The van der Waals surface area contributed by atoms with Gasteiger partial charge in [-0.05, 0) is 6.08 Å². The first-order valence-electron chi connectivity index (χ1n) is 5.03. The Labute approximate surface area is 81.9 Å². The third-order valence-electron chi connectivity index (χ3n) is 2.16. The van der Waals surface area contributed by atoms with Crippen LogP contribution < -0.4 is 0 Å². The standard InChI is InChI=1S/C6H12.C5H10O2/c1-2-4-6-5-3-1;1-4-5(6-2)7-3/h1-6H2;4-5H,1H2,2-3H3. The highest BCUT2D eigenvalue weighted by Gasteiger charge is 1.95. The lowest BCUT2D eigenvalue weighted by Crippen LogP contribution is -2.07. The lowest BCUT2D eigenvalue weighted by molar-refractivity contribution is -0.0663. The van der Waals surface area contributed by atoms with Crippen molar-refractivity contribution >= 4 is 0 Å². The summed E-state index contributed by atoms with van der Waals surface area (Å²) in [5.41, 5.74) is 0. The topological polar surface area (TPSA) is 18.5 Å². The van der Waals surface area contributed by atoms with Crippen LogP contribution in [0.2, 0.25) is 0 Å². The van der Waals surface area contributed by atoms with Crippen molar-refractivity contribution in [2.24, 2.45) is 0 Å². The lowest BCUT2D eigenvalue weighted by Gasteiger charge is -2.05. The van der Waals surface area contributed by atoms with Crippen LogP contribution >= 0.6 is 0 Å². The minimum atomic E-state index is -0.250. The molecule has 1 fully saturated rings. The van der Waals surface area contributed by atoms with E-state index in [4.69, 9.17) is 9.47 Å². The van der Waals surface area contributed by atoms with Gasteiger partial charge in [0, 0.05) is 14.2 Å². The molecule has 0 atom stereocenters. The molecule has 2 heteroatoms. The zero-order valence-corrected chi connectivity index (χ0v) is 8.92. The van der Waals surface area contributed by atoms with Gasteiger partial charge in [0.25, 0.3) is 0 Å². The van der Waals surface area contributed by atoms with Crippen LogP contribution in [0.1, 0.15) is 38.5 Å². The van der Waals surface area contributed by atoms with Crippen LogP contribution in [-0.2, 0) is 9.47 Å². The molecule has 1 aliphatic carbocycles. The van der Waals surface area contributed by atoms with E-state index in [1.807, 2.05) is 0 Å². The van der Waals surface area contributed by atoms with Gasteiger partial charge in [-0.1, -0.05) is 45.1 Å². The van der Waals surface area contributed by atoms with Gasteiger partial charge in [-0.2, -0.15) is 0 Å². The first-order valence-corrected chi connectivity index (χ1v) is 5.03. The summed E-state index contributed by atoms with van der Waals surface area (Å²) in [6, 6.07) is 0. The van der Waals surface area contributed by atoms with Crippen molar-refractivity contribution in [3.8, 4) is 0 Å². The molecule has 0 bridgehead atoms. The summed E-state index contributed by atoms with van der Waals surface area (Å²) in [5.74, 6) is 0. The molecule has 0 spiro atoms. The summed E-state index contributed by atoms with van der Waals surface area (Å²) in [6.45, 7) is 3.45. The Bertz CT molecular complexity index is 93.1. The molecule has 0 aromatic heterocycles. The van der Waals surface area contributed by atoms with Crippen molar-refractivity contribution in [2.75, 3.05) is 14.2 Å². The van der Waals surface area contributed by atoms with Crippen molar-refractivity contribution in [1.29, 1.82) is 0 Å². The molecule has 0 amide bonds. The lowest BCUT2D eigenvalue weighted by atomic mass is 10.0. The maximum absolute atomic E-state index is 4.71. The quantitative estimate of drug-likeness (QED) is 0.498. The molecule has 1 aliphatic rings. The summed E-state index contributed by atoms with van der Waals surface area (Å²) < 4.78 is 9.42. The Morgan fingerprint density at radius 3 is 1.31 bits per heavy atom. The molecule has 0 radical (unpaired) electrons. The monoisotopic (exact) mass is 186 g/mol. The van der Waals surface area contributed by atoms with E-state index >= 15 is 0 Å². The number of rotatable bonds is 3. The van der Waals surface area contributed by atoms with Crippen molar-refractivity contribution in [1.82, 2.24) is 0 Å². The molecule has 0 saturated heterocycles. The van der Waals surface area contributed by atoms with E-state index in [0.29, 0.717) is 0 Å². The minimum Gasteiger partial charge on any atom is -0.352 e. The van der Waals surface area contributed by atoms with Crippen LogP contribution in [0.5, 0.6) is 0 Å². The Hall–Kier alpha value is -0.340. The van der Waals surface area contributed by atoms with Gasteiger partial charge in [0.2, 0.25) is 0 Å². The van der Waals surface area contributed by atoms with Crippen LogP contribution in [0.25, 0.3) is 0 Å². The minimum absolute atomic E-state index is 0.250. The Balaban J connectivity index is 0.000000223. The van der Waals surface area contributed by atoms with E-state index in [1.54, 1.807) is 20.3 Å². The zero-order chi connectivity index (χ0) is 9.94. The fourth-order valence-corrected chi connectivity index (χ4v) is 1.35. The first-order chi connectivity index (χ1) is 6.35. The van der Waals surface area contributed by atoms with Gasteiger partial charge in [-0.3, -0.25) is 0 Å².